The molecule has 0 spiro atoms. The number of aromatic nitrogens is 1. The summed E-state index contributed by atoms with van der Waals surface area (Å²) in [6.07, 6.45) is 0.0000536. The van der Waals surface area contributed by atoms with Gasteiger partial charge in [-0.25, -0.2) is 13.8 Å². The van der Waals surface area contributed by atoms with Crippen LogP contribution in [0.15, 0.2) is 29.6 Å². The molecule has 0 fully saturated rings. The van der Waals surface area contributed by atoms with Crippen molar-refractivity contribution in [2.45, 2.75) is 20.3 Å². The summed E-state index contributed by atoms with van der Waals surface area (Å²) >= 11 is 3.01. The van der Waals surface area contributed by atoms with Gasteiger partial charge in [-0.05, 0) is 32.0 Å². The van der Waals surface area contributed by atoms with Crippen LogP contribution in [-0.2, 0) is 4.79 Å². The second kappa shape index (κ2) is 8.57. The van der Waals surface area contributed by atoms with Crippen LogP contribution < -0.4 is 10.6 Å². The lowest BCUT2D eigenvalue weighted by Crippen LogP contribution is -2.28. The maximum absolute atomic E-state index is 13.6. The second-order valence-corrected chi connectivity index (χ2v) is 8.36. The van der Waals surface area contributed by atoms with E-state index >= 15 is 0 Å². The van der Waals surface area contributed by atoms with E-state index in [1.165, 1.54) is 16.2 Å². The van der Waals surface area contributed by atoms with Crippen molar-refractivity contribution in [1.82, 2.24) is 10.3 Å². The maximum Gasteiger partial charge on any atom is 0.254 e. The Bertz CT molecular complexity index is 1030. The Balaban J connectivity index is 1.51. The Hall–Kier alpha value is -2.65. The van der Waals surface area contributed by atoms with Crippen molar-refractivity contribution >= 4 is 39.6 Å². The minimum absolute atomic E-state index is 0.0000536. The van der Waals surface area contributed by atoms with Gasteiger partial charge in [0.2, 0.25) is 5.91 Å². The van der Waals surface area contributed by atoms with Crippen LogP contribution in [0.1, 0.15) is 26.5 Å². The lowest BCUT2D eigenvalue weighted by Gasteiger charge is -2.06. The molecule has 146 valence electrons. The van der Waals surface area contributed by atoms with E-state index < -0.39 is 17.5 Å². The highest BCUT2D eigenvalue weighted by atomic mass is 32.1. The predicted molar refractivity (Wildman–Crippen MR) is 107 cm³/mol. The van der Waals surface area contributed by atoms with Crippen LogP contribution in [0.2, 0.25) is 0 Å². The molecular formula is C19H17F2N3O2S2. The number of benzene rings is 1. The molecule has 0 saturated heterocycles. The van der Waals surface area contributed by atoms with Crippen molar-refractivity contribution < 1.29 is 18.4 Å². The number of hydrogen-bond donors (Lipinski definition) is 2. The summed E-state index contributed by atoms with van der Waals surface area (Å²) in [5.74, 6) is -2.73. The van der Waals surface area contributed by atoms with Gasteiger partial charge in [-0.1, -0.05) is 0 Å². The SMILES string of the molecule is Cc1cc(-c2csc(NC(=O)CCNC(=O)c3ccc(F)cc3F)n2)c(C)s1. The summed E-state index contributed by atoms with van der Waals surface area (Å²) in [4.78, 5) is 30.7. The average molecular weight is 421 g/mol. The van der Waals surface area contributed by atoms with Gasteiger partial charge in [0.15, 0.2) is 5.13 Å². The van der Waals surface area contributed by atoms with Crippen molar-refractivity contribution in [3.63, 3.8) is 0 Å². The van der Waals surface area contributed by atoms with Crippen LogP contribution in [0.25, 0.3) is 11.3 Å². The summed E-state index contributed by atoms with van der Waals surface area (Å²) in [6.45, 7) is 4.07. The monoisotopic (exact) mass is 421 g/mol. The molecule has 0 aliphatic heterocycles. The van der Waals surface area contributed by atoms with Gasteiger partial charge in [0.1, 0.15) is 11.6 Å². The fraction of sp³-hybridized carbons (Fsp3) is 0.211. The van der Waals surface area contributed by atoms with E-state index in [4.69, 9.17) is 0 Å². The highest BCUT2D eigenvalue weighted by molar-refractivity contribution is 7.14. The summed E-state index contributed by atoms with van der Waals surface area (Å²) in [7, 11) is 0. The molecular weight excluding hydrogens is 404 g/mol. The van der Waals surface area contributed by atoms with Crippen molar-refractivity contribution in [2.75, 3.05) is 11.9 Å². The van der Waals surface area contributed by atoms with Crippen molar-refractivity contribution in [3.8, 4) is 11.3 Å². The van der Waals surface area contributed by atoms with Gasteiger partial charge >= 0.3 is 0 Å². The van der Waals surface area contributed by atoms with E-state index in [9.17, 15) is 18.4 Å². The van der Waals surface area contributed by atoms with Crippen molar-refractivity contribution in [3.05, 3.63) is 56.6 Å². The van der Waals surface area contributed by atoms with E-state index in [-0.39, 0.29) is 24.4 Å². The molecule has 2 heterocycles. The van der Waals surface area contributed by atoms with Gasteiger partial charge in [-0.3, -0.25) is 9.59 Å². The quantitative estimate of drug-likeness (QED) is 0.615. The van der Waals surface area contributed by atoms with E-state index in [0.717, 1.165) is 28.3 Å². The van der Waals surface area contributed by atoms with Crippen LogP contribution in [0.4, 0.5) is 13.9 Å². The molecule has 0 unspecified atom stereocenters. The smallest absolute Gasteiger partial charge is 0.254 e. The summed E-state index contributed by atoms with van der Waals surface area (Å²) in [6, 6.07) is 4.76. The van der Waals surface area contributed by atoms with Gasteiger partial charge in [0.25, 0.3) is 5.91 Å². The molecule has 2 amide bonds. The fourth-order valence-electron chi connectivity index (χ4n) is 2.58. The summed E-state index contributed by atoms with van der Waals surface area (Å²) in [5, 5.41) is 7.48. The normalized spacial score (nSPS) is 10.7. The van der Waals surface area contributed by atoms with Gasteiger partial charge in [-0.2, -0.15) is 0 Å². The standard InChI is InChI=1S/C19H17F2N3O2S2/c1-10-7-14(11(2)28-10)16-9-27-19(23-16)24-17(25)5-6-22-18(26)13-4-3-12(20)8-15(13)21/h3-4,7-9H,5-6H2,1-2H3,(H,22,26)(H,23,24,25). The van der Waals surface area contributed by atoms with E-state index in [1.54, 1.807) is 11.3 Å². The molecule has 3 rings (SSSR count). The average Bonchev–Trinajstić information content (AvgIpc) is 3.20. The number of rotatable bonds is 6. The maximum atomic E-state index is 13.6. The number of carbonyl (C=O) groups excluding carboxylic acids is 2. The molecule has 0 saturated carbocycles. The number of thiazole rings is 1. The van der Waals surface area contributed by atoms with E-state index in [0.29, 0.717) is 11.2 Å². The molecule has 3 aromatic rings. The van der Waals surface area contributed by atoms with Crippen LogP contribution in [0.3, 0.4) is 0 Å². The van der Waals surface area contributed by atoms with Crippen LogP contribution in [0.5, 0.6) is 0 Å². The number of aryl methyl sites for hydroxylation is 2. The summed E-state index contributed by atoms with van der Waals surface area (Å²) in [5.41, 5.74) is 1.59. The lowest BCUT2D eigenvalue weighted by molar-refractivity contribution is -0.116. The lowest BCUT2D eigenvalue weighted by atomic mass is 10.2. The molecule has 2 aromatic heterocycles. The number of halogens is 2. The molecule has 0 atom stereocenters. The highest BCUT2D eigenvalue weighted by Crippen LogP contribution is 2.32. The second-order valence-electron chi connectivity index (χ2n) is 6.04. The molecule has 9 heteroatoms. The molecule has 5 nitrogen and oxygen atoms in total. The zero-order valence-corrected chi connectivity index (χ0v) is 16.8. The third kappa shape index (κ3) is 4.79. The van der Waals surface area contributed by atoms with Crippen LogP contribution >= 0.6 is 22.7 Å². The first-order valence-electron chi connectivity index (χ1n) is 8.39. The third-order valence-corrected chi connectivity index (χ3v) is 5.60. The first-order chi connectivity index (χ1) is 13.3. The van der Waals surface area contributed by atoms with Gasteiger partial charge in [-0.15, -0.1) is 22.7 Å². The topological polar surface area (TPSA) is 71.1 Å². The molecule has 1 aromatic carbocycles. The largest absolute Gasteiger partial charge is 0.351 e. The Kier molecular flexibility index (Phi) is 6.15. The molecule has 0 aliphatic carbocycles. The van der Waals surface area contributed by atoms with Gasteiger partial charge in [0.05, 0.1) is 11.3 Å². The zero-order valence-electron chi connectivity index (χ0n) is 15.1. The highest BCUT2D eigenvalue weighted by Gasteiger charge is 2.14. The van der Waals surface area contributed by atoms with Gasteiger partial charge < -0.3 is 10.6 Å². The number of nitrogens with one attached hydrogen (secondary N) is 2. The molecule has 28 heavy (non-hydrogen) atoms. The molecule has 2 N–H and O–H groups in total. The molecule has 0 bridgehead atoms. The first kappa shape index (κ1) is 20.1. The number of hydrogen-bond acceptors (Lipinski definition) is 5. The fourth-order valence-corrected chi connectivity index (χ4v) is 4.24. The number of thiophene rings is 1. The molecule has 0 aliphatic rings. The Morgan fingerprint density at radius 1 is 1.18 bits per heavy atom. The van der Waals surface area contributed by atoms with Crippen molar-refractivity contribution in [2.24, 2.45) is 0 Å². The zero-order chi connectivity index (χ0) is 20.3. The van der Waals surface area contributed by atoms with Crippen LogP contribution in [0, 0.1) is 25.5 Å². The third-order valence-electron chi connectivity index (χ3n) is 3.88. The molecule has 0 radical (unpaired) electrons. The Labute approximate surface area is 168 Å². The van der Waals surface area contributed by atoms with Crippen molar-refractivity contribution in [1.29, 1.82) is 0 Å². The summed E-state index contributed by atoms with van der Waals surface area (Å²) < 4.78 is 26.4. The minimum atomic E-state index is -0.948. The number of amides is 2. The van der Waals surface area contributed by atoms with E-state index in [1.807, 2.05) is 19.2 Å². The minimum Gasteiger partial charge on any atom is -0.351 e. The number of anilines is 1. The van der Waals surface area contributed by atoms with Crippen LogP contribution in [-0.4, -0.2) is 23.3 Å². The van der Waals surface area contributed by atoms with Gasteiger partial charge in [0, 0.05) is 39.7 Å². The first-order valence-corrected chi connectivity index (χ1v) is 10.1. The van der Waals surface area contributed by atoms with E-state index in [2.05, 4.69) is 21.7 Å². The predicted octanol–water partition coefficient (Wildman–Crippen LogP) is 4.53. The number of nitrogens with zero attached hydrogens (tertiary/aromatic N) is 1. The Morgan fingerprint density at radius 3 is 2.64 bits per heavy atom. The number of carbonyl (C=O) groups is 2. The Morgan fingerprint density at radius 2 is 1.96 bits per heavy atom.